The standard InChI is InChI=1S/C19H23NO2/c1-5-16-11-8-10-14(3)18(16)20-19(21)15(4)22-17-12-7-6-9-13(17)2/h6-12,15H,5H2,1-4H3,(H,20,21)/t15-/m1/s1. The molecule has 0 spiro atoms. The highest BCUT2D eigenvalue weighted by Gasteiger charge is 2.17. The Morgan fingerprint density at radius 3 is 2.45 bits per heavy atom. The van der Waals surface area contributed by atoms with E-state index < -0.39 is 6.10 Å². The van der Waals surface area contributed by atoms with E-state index in [2.05, 4.69) is 12.2 Å². The zero-order valence-electron chi connectivity index (χ0n) is 13.6. The second-order valence-electron chi connectivity index (χ2n) is 5.48. The van der Waals surface area contributed by atoms with Gasteiger partial charge in [0.1, 0.15) is 5.75 Å². The van der Waals surface area contributed by atoms with Crippen LogP contribution in [0.25, 0.3) is 0 Å². The summed E-state index contributed by atoms with van der Waals surface area (Å²) in [5.41, 5.74) is 4.12. The molecule has 0 aliphatic heterocycles. The van der Waals surface area contributed by atoms with Gasteiger partial charge in [-0.1, -0.05) is 43.3 Å². The quantitative estimate of drug-likeness (QED) is 0.895. The fourth-order valence-electron chi connectivity index (χ4n) is 2.36. The van der Waals surface area contributed by atoms with E-state index in [9.17, 15) is 4.79 Å². The maximum atomic E-state index is 12.4. The summed E-state index contributed by atoms with van der Waals surface area (Å²) in [4.78, 5) is 12.4. The molecule has 0 heterocycles. The van der Waals surface area contributed by atoms with E-state index >= 15 is 0 Å². The van der Waals surface area contributed by atoms with Crippen molar-refractivity contribution >= 4 is 11.6 Å². The highest BCUT2D eigenvalue weighted by Crippen LogP contribution is 2.22. The van der Waals surface area contributed by atoms with Crippen molar-refractivity contribution in [3.63, 3.8) is 0 Å². The molecular formula is C19H23NO2. The Morgan fingerprint density at radius 1 is 1.09 bits per heavy atom. The number of rotatable bonds is 5. The predicted octanol–water partition coefficient (Wildman–Crippen LogP) is 4.27. The van der Waals surface area contributed by atoms with Gasteiger partial charge in [0.15, 0.2) is 6.10 Å². The molecule has 1 atom stereocenters. The van der Waals surface area contributed by atoms with E-state index in [-0.39, 0.29) is 5.91 Å². The van der Waals surface area contributed by atoms with Crippen LogP contribution in [0.15, 0.2) is 42.5 Å². The number of amides is 1. The Hall–Kier alpha value is -2.29. The first-order valence-corrected chi connectivity index (χ1v) is 7.64. The summed E-state index contributed by atoms with van der Waals surface area (Å²) >= 11 is 0. The fourth-order valence-corrected chi connectivity index (χ4v) is 2.36. The van der Waals surface area contributed by atoms with Gasteiger partial charge in [0, 0.05) is 5.69 Å². The monoisotopic (exact) mass is 297 g/mol. The lowest BCUT2D eigenvalue weighted by Crippen LogP contribution is -2.31. The van der Waals surface area contributed by atoms with Gasteiger partial charge in [-0.15, -0.1) is 0 Å². The first kappa shape index (κ1) is 16.1. The molecule has 0 radical (unpaired) electrons. The average molecular weight is 297 g/mol. The number of para-hydroxylation sites is 2. The van der Waals surface area contributed by atoms with Crippen LogP contribution in [0.1, 0.15) is 30.5 Å². The Morgan fingerprint density at radius 2 is 1.77 bits per heavy atom. The smallest absolute Gasteiger partial charge is 0.265 e. The third-order valence-corrected chi connectivity index (χ3v) is 3.75. The third kappa shape index (κ3) is 3.67. The first-order chi connectivity index (χ1) is 10.5. The molecule has 1 N–H and O–H groups in total. The zero-order valence-corrected chi connectivity index (χ0v) is 13.6. The molecule has 0 fully saturated rings. The number of carbonyl (C=O) groups is 1. The van der Waals surface area contributed by atoms with Gasteiger partial charge in [-0.2, -0.15) is 0 Å². The lowest BCUT2D eigenvalue weighted by Gasteiger charge is -2.18. The van der Waals surface area contributed by atoms with Crippen LogP contribution in [-0.2, 0) is 11.2 Å². The molecule has 1 amide bonds. The number of nitrogens with one attached hydrogen (secondary N) is 1. The van der Waals surface area contributed by atoms with Gasteiger partial charge in [0.05, 0.1) is 0 Å². The minimum absolute atomic E-state index is 0.132. The molecule has 0 aliphatic carbocycles. The van der Waals surface area contributed by atoms with Gasteiger partial charge in [0.25, 0.3) is 5.91 Å². The minimum atomic E-state index is -0.551. The average Bonchev–Trinajstić information content (AvgIpc) is 2.51. The minimum Gasteiger partial charge on any atom is -0.481 e. The van der Waals surface area contributed by atoms with Crippen molar-refractivity contribution in [2.75, 3.05) is 5.32 Å². The van der Waals surface area contributed by atoms with Gasteiger partial charge in [-0.25, -0.2) is 0 Å². The van der Waals surface area contributed by atoms with E-state index in [1.54, 1.807) is 6.92 Å². The zero-order chi connectivity index (χ0) is 16.1. The van der Waals surface area contributed by atoms with Crippen LogP contribution < -0.4 is 10.1 Å². The largest absolute Gasteiger partial charge is 0.481 e. The van der Waals surface area contributed by atoms with Crippen LogP contribution in [0.2, 0.25) is 0 Å². The normalized spacial score (nSPS) is 11.8. The second-order valence-corrected chi connectivity index (χ2v) is 5.48. The van der Waals surface area contributed by atoms with Crippen LogP contribution in [0, 0.1) is 13.8 Å². The van der Waals surface area contributed by atoms with Crippen molar-refractivity contribution in [3.05, 3.63) is 59.2 Å². The molecule has 2 rings (SSSR count). The molecule has 116 valence electrons. The topological polar surface area (TPSA) is 38.3 Å². The summed E-state index contributed by atoms with van der Waals surface area (Å²) in [5.74, 6) is 0.609. The number of hydrogen-bond acceptors (Lipinski definition) is 2. The number of aryl methyl sites for hydroxylation is 3. The molecule has 22 heavy (non-hydrogen) atoms. The van der Waals surface area contributed by atoms with Crippen molar-refractivity contribution in [1.82, 2.24) is 0 Å². The van der Waals surface area contributed by atoms with E-state index in [0.717, 1.165) is 34.5 Å². The highest BCUT2D eigenvalue weighted by molar-refractivity contribution is 5.95. The Labute approximate surface area is 132 Å². The van der Waals surface area contributed by atoms with Gasteiger partial charge in [-0.05, 0) is 49.9 Å². The SMILES string of the molecule is CCc1cccc(C)c1NC(=O)[C@@H](C)Oc1ccccc1C. The predicted molar refractivity (Wildman–Crippen MR) is 90.5 cm³/mol. The Kier molecular flexibility index (Phi) is 5.21. The van der Waals surface area contributed by atoms with E-state index in [1.807, 2.05) is 56.3 Å². The lowest BCUT2D eigenvalue weighted by atomic mass is 10.1. The molecule has 0 bridgehead atoms. The number of benzene rings is 2. The van der Waals surface area contributed by atoms with Crippen LogP contribution in [0.3, 0.4) is 0 Å². The van der Waals surface area contributed by atoms with Crippen LogP contribution in [-0.4, -0.2) is 12.0 Å². The highest BCUT2D eigenvalue weighted by atomic mass is 16.5. The molecular weight excluding hydrogens is 274 g/mol. The third-order valence-electron chi connectivity index (χ3n) is 3.75. The number of hydrogen-bond donors (Lipinski definition) is 1. The van der Waals surface area contributed by atoms with Crippen LogP contribution in [0.4, 0.5) is 5.69 Å². The summed E-state index contributed by atoms with van der Waals surface area (Å²) in [6.07, 6.45) is 0.329. The molecule has 0 aliphatic rings. The molecule has 3 nitrogen and oxygen atoms in total. The molecule has 0 saturated heterocycles. The molecule has 0 aromatic heterocycles. The van der Waals surface area contributed by atoms with Gasteiger partial charge >= 0.3 is 0 Å². The van der Waals surface area contributed by atoms with Crippen LogP contribution in [0.5, 0.6) is 5.75 Å². The Bertz CT molecular complexity index is 664. The summed E-state index contributed by atoms with van der Waals surface area (Å²) in [5, 5.41) is 3.01. The number of carbonyl (C=O) groups excluding carboxylic acids is 1. The van der Waals surface area contributed by atoms with E-state index in [0.29, 0.717) is 0 Å². The van der Waals surface area contributed by atoms with Crippen molar-refractivity contribution in [2.24, 2.45) is 0 Å². The Balaban J connectivity index is 2.11. The fraction of sp³-hybridized carbons (Fsp3) is 0.316. The van der Waals surface area contributed by atoms with Gasteiger partial charge in [0.2, 0.25) is 0 Å². The number of ether oxygens (including phenoxy) is 1. The molecule has 3 heteroatoms. The van der Waals surface area contributed by atoms with Crippen molar-refractivity contribution in [1.29, 1.82) is 0 Å². The van der Waals surface area contributed by atoms with E-state index in [1.165, 1.54) is 0 Å². The maximum Gasteiger partial charge on any atom is 0.265 e. The van der Waals surface area contributed by atoms with Crippen molar-refractivity contribution in [2.45, 2.75) is 40.2 Å². The first-order valence-electron chi connectivity index (χ1n) is 7.64. The molecule has 0 saturated carbocycles. The maximum absolute atomic E-state index is 12.4. The molecule has 2 aromatic rings. The number of anilines is 1. The van der Waals surface area contributed by atoms with Gasteiger partial charge in [-0.3, -0.25) is 4.79 Å². The van der Waals surface area contributed by atoms with Crippen LogP contribution >= 0.6 is 0 Å². The summed E-state index contributed by atoms with van der Waals surface area (Å²) in [7, 11) is 0. The lowest BCUT2D eigenvalue weighted by molar-refractivity contribution is -0.122. The summed E-state index contributed by atoms with van der Waals surface area (Å²) < 4.78 is 5.78. The summed E-state index contributed by atoms with van der Waals surface area (Å²) in [6, 6.07) is 13.8. The molecule has 0 unspecified atom stereocenters. The van der Waals surface area contributed by atoms with Gasteiger partial charge < -0.3 is 10.1 Å². The van der Waals surface area contributed by atoms with E-state index in [4.69, 9.17) is 4.74 Å². The molecule has 2 aromatic carbocycles. The van der Waals surface area contributed by atoms with Crippen molar-refractivity contribution in [3.8, 4) is 5.75 Å². The van der Waals surface area contributed by atoms with Crippen molar-refractivity contribution < 1.29 is 9.53 Å². The second kappa shape index (κ2) is 7.12. The summed E-state index contributed by atoms with van der Waals surface area (Å²) in [6.45, 7) is 7.82.